The molecule has 1 aliphatic heterocycles. The van der Waals surface area contributed by atoms with Crippen molar-refractivity contribution < 1.29 is 9.53 Å². The summed E-state index contributed by atoms with van der Waals surface area (Å²) < 4.78 is 9.87. The molecule has 1 aliphatic carbocycles. The number of nitrogens with zero attached hydrogens (tertiary/aromatic N) is 3. The monoisotopic (exact) mass is 372 g/mol. The van der Waals surface area contributed by atoms with Crippen LogP contribution in [-0.2, 0) is 0 Å². The van der Waals surface area contributed by atoms with Gasteiger partial charge in [-0.15, -0.1) is 0 Å². The second-order valence-electron chi connectivity index (χ2n) is 6.90. The molecule has 2 aliphatic rings. The first-order valence-corrected chi connectivity index (χ1v) is 10.1. The number of rotatable bonds is 6. The zero-order valence-corrected chi connectivity index (χ0v) is 15.8. The van der Waals surface area contributed by atoms with Gasteiger partial charge in [0.15, 0.2) is 0 Å². The highest BCUT2D eigenvalue weighted by molar-refractivity contribution is 7.09. The zero-order chi connectivity index (χ0) is 17.9. The Labute approximate surface area is 157 Å². The number of nitrogens with one attached hydrogen (secondary N) is 1. The van der Waals surface area contributed by atoms with E-state index in [4.69, 9.17) is 4.74 Å². The zero-order valence-electron chi connectivity index (χ0n) is 15.0. The molecule has 1 aromatic carbocycles. The van der Waals surface area contributed by atoms with Gasteiger partial charge < -0.3 is 15.0 Å². The predicted molar refractivity (Wildman–Crippen MR) is 102 cm³/mol. The van der Waals surface area contributed by atoms with Gasteiger partial charge in [0.1, 0.15) is 11.6 Å². The molecule has 0 bridgehead atoms. The highest BCUT2D eigenvalue weighted by atomic mass is 32.1. The molecule has 1 saturated carbocycles. The van der Waals surface area contributed by atoms with Gasteiger partial charge in [-0.1, -0.05) is 0 Å². The topological polar surface area (TPSA) is 67.3 Å². The van der Waals surface area contributed by atoms with Crippen LogP contribution in [0.15, 0.2) is 24.3 Å². The van der Waals surface area contributed by atoms with Gasteiger partial charge in [-0.25, -0.2) is 4.98 Å². The Bertz CT molecular complexity index is 749. The van der Waals surface area contributed by atoms with Crippen molar-refractivity contribution in [1.29, 1.82) is 0 Å². The fraction of sp³-hybridized carbons (Fsp3) is 0.526. The van der Waals surface area contributed by atoms with Crippen molar-refractivity contribution in [2.24, 2.45) is 0 Å². The Balaban J connectivity index is 1.28. The molecule has 4 rings (SSSR count). The molecule has 1 N–H and O–H groups in total. The molecule has 1 amide bonds. The third-order valence-electron chi connectivity index (χ3n) is 4.91. The van der Waals surface area contributed by atoms with E-state index in [1.165, 1.54) is 24.4 Å². The molecule has 26 heavy (non-hydrogen) atoms. The van der Waals surface area contributed by atoms with Crippen LogP contribution in [0.3, 0.4) is 0 Å². The molecule has 0 unspecified atom stereocenters. The number of hydrogen-bond acceptors (Lipinski definition) is 6. The molecule has 7 heteroatoms. The minimum Gasteiger partial charge on any atom is -0.494 e. The lowest BCUT2D eigenvalue weighted by atomic mass is 10.0. The number of likely N-dealkylation sites (tertiary alicyclic amines) is 1. The highest BCUT2D eigenvalue weighted by Crippen LogP contribution is 2.39. The maximum Gasteiger partial charge on any atom is 0.253 e. The van der Waals surface area contributed by atoms with E-state index in [-0.39, 0.29) is 5.91 Å². The van der Waals surface area contributed by atoms with Crippen LogP contribution in [0.5, 0.6) is 5.75 Å². The highest BCUT2D eigenvalue weighted by Gasteiger charge is 2.29. The largest absolute Gasteiger partial charge is 0.494 e. The maximum atomic E-state index is 12.7. The first-order chi connectivity index (χ1) is 12.7. The molecule has 2 fully saturated rings. The second kappa shape index (κ2) is 7.61. The number of amides is 1. The SMILES string of the molecule is CCOc1ccc(C(=O)N2CCC(Nc3nc(C4CC4)ns3)CC2)cc1. The van der Waals surface area contributed by atoms with Gasteiger partial charge in [0.25, 0.3) is 5.91 Å². The summed E-state index contributed by atoms with van der Waals surface area (Å²) in [6.45, 7) is 4.10. The van der Waals surface area contributed by atoms with E-state index in [1.807, 2.05) is 36.1 Å². The van der Waals surface area contributed by atoms with Crippen molar-refractivity contribution in [3.05, 3.63) is 35.7 Å². The molecule has 6 nitrogen and oxygen atoms in total. The summed E-state index contributed by atoms with van der Waals surface area (Å²) in [5.41, 5.74) is 0.720. The molecule has 2 heterocycles. The minimum atomic E-state index is 0.0958. The lowest BCUT2D eigenvalue weighted by Crippen LogP contribution is -2.42. The summed E-state index contributed by atoms with van der Waals surface area (Å²) in [5, 5.41) is 4.41. The molecule has 0 spiro atoms. The smallest absolute Gasteiger partial charge is 0.253 e. The standard InChI is InChI=1S/C19H24N4O2S/c1-2-25-16-7-5-14(6-8-16)18(24)23-11-9-15(10-12-23)20-19-21-17(22-26-19)13-3-4-13/h5-8,13,15H,2-4,9-12H2,1H3,(H,20,21,22). The summed E-state index contributed by atoms with van der Waals surface area (Å²) in [6.07, 6.45) is 4.31. The van der Waals surface area contributed by atoms with Gasteiger partial charge in [0, 0.05) is 42.1 Å². The molecule has 0 atom stereocenters. The van der Waals surface area contributed by atoms with Crippen LogP contribution in [0, 0.1) is 0 Å². The van der Waals surface area contributed by atoms with Gasteiger partial charge in [-0.2, -0.15) is 4.37 Å². The average Bonchev–Trinajstić information content (AvgIpc) is 3.42. The van der Waals surface area contributed by atoms with Gasteiger partial charge in [-0.3, -0.25) is 4.79 Å². The summed E-state index contributed by atoms with van der Waals surface area (Å²) in [5.74, 6) is 2.49. The number of carbonyl (C=O) groups excluding carboxylic acids is 1. The fourth-order valence-electron chi connectivity index (χ4n) is 3.25. The summed E-state index contributed by atoms with van der Waals surface area (Å²) in [4.78, 5) is 19.2. The number of aromatic nitrogens is 2. The van der Waals surface area contributed by atoms with Gasteiger partial charge in [0.05, 0.1) is 6.61 Å². The first kappa shape index (κ1) is 17.3. The Morgan fingerprint density at radius 2 is 1.96 bits per heavy atom. The van der Waals surface area contributed by atoms with E-state index >= 15 is 0 Å². The van der Waals surface area contributed by atoms with Crippen molar-refractivity contribution in [2.75, 3.05) is 25.0 Å². The third-order valence-corrected chi connectivity index (χ3v) is 5.57. The first-order valence-electron chi connectivity index (χ1n) is 9.35. The van der Waals surface area contributed by atoms with Crippen LogP contribution >= 0.6 is 11.5 Å². The van der Waals surface area contributed by atoms with Crippen molar-refractivity contribution in [3.8, 4) is 5.75 Å². The van der Waals surface area contributed by atoms with Crippen molar-refractivity contribution in [1.82, 2.24) is 14.3 Å². The van der Waals surface area contributed by atoms with E-state index in [0.29, 0.717) is 18.6 Å². The number of anilines is 1. The molecular formula is C19H24N4O2S. The number of ether oxygens (including phenoxy) is 1. The summed E-state index contributed by atoms with van der Waals surface area (Å²) in [7, 11) is 0. The van der Waals surface area contributed by atoms with Gasteiger partial charge in [-0.05, 0) is 56.9 Å². The van der Waals surface area contributed by atoms with Crippen LogP contribution in [0.1, 0.15) is 54.7 Å². The summed E-state index contributed by atoms with van der Waals surface area (Å²) in [6, 6.07) is 7.77. The number of benzene rings is 1. The molecular weight excluding hydrogens is 348 g/mol. The normalized spacial score (nSPS) is 18.0. The number of carbonyl (C=O) groups is 1. The van der Waals surface area contributed by atoms with Crippen LogP contribution in [0.4, 0.5) is 5.13 Å². The fourth-order valence-corrected chi connectivity index (χ4v) is 3.97. The van der Waals surface area contributed by atoms with E-state index < -0.39 is 0 Å². The molecule has 1 aromatic heterocycles. The Morgan fingerprint density at radius 3 is 2.62 bits per heavy atom. The Hall–Kier alpha value is -2.15. The average molecular weight is 372 g/mol. The van der Waals surface area contributed by atoms with E-state index in [9.17, 15) is 4.79 Å². The summed E-state index contributed by atoms with van der Waals surface area (Å²) >= 11 is 1.46. The van der Waals surface area contributed by atoms with Crippen LogP contribution in [-0.4, -0.2) is 45.9 Å². The lowest BCUT2D eigenvalue weighted by molar-refractivity contribution is 0.0718. The quantitative estimate of drug-likeness (QED) is 0.840. The Kier molecular flexibility index (Phi) is 5.06. The van der Waals surface area contributed by atoms with Crippen molar-refractivity contribution in [2.45, 2.75) is 44.6 Å². The molecule has 0 radical (unpaired) electrons. The van der Waals surface area contributed by atoms with Gasteiger partial charge >= 0.3 is 0 Å². The maximum absolute atomic E-state index is 12.7. The minimum absolute atomic E-state index is 0.0958. The lowest BCUT2D eigenvalue weighted by Gasteiger charge is -2.32. The van der Waals surface area contributed by atoms with Crippen LogP contribution in [0.25, 0.3) is 0 Å². The molecule has 138 valence electrons. The number of hydrogen-bond donors (Lipinski definition) is 1. The molecule has 2 aromatic rings. The van der Waals surface area contributed by atoms with E-state index in [1.54, 1.807) is 0 Å². The predicted octanol–water partition coefficient (Wildman–Crippen LogP) is 3.53. The third kappa shape index (κ3) is 3.98. The van der Waals surface area contributed by atoms with Crippen molar-refractivity contribution >= 4 is 22.6 Å². The number of piperidine rings is 1. The van der Waals surface area contributed by atoms with Crippen LogP contribution < -0.4 is 10.1 Å². The molecule has 1 saturated heterocycles. The van der Waals surface area contributed by atoms with Crippen molar-refractivity contribution in [3.63, 3.8) is 0 Å². The van der Waals surface area contributed by atoms with Crippen LogP contribution in [0.2, 0.25) is 0 Å². The van der Waals surface area contributed by atoms with E-state index in [0.717, 1.165) is 48.2 Å². The van der Waals surface area contributed by atoms with Gasteiger partial charge in [0.2, 0.25) is 5.13 Å². The second-order valence-corrected chi connectivity index (χ2v) is 7.65. The van der Waals surface area contributed by atoms with E-state index in [2.05, 4.69) is 14.7 Å². The Morgan fingerprint density at radius 1 is 1.23 bits per heavy atom.